The van der Waals surface area contributed by atoms with Crippen molar-refractivity contribution in [1.29, 1.82) is 0 Å². The standard InChI is InChI=1S/C13H16N2O2S/c1-9-2-4-11(18-9)5-7-13(17)15-10-3-6-12(16)14-8-10/h2,4-5,7,10H,3,6,8H2,1H3,(H,14,16)(H,15,17)/b7-5+. The van der Waals surface area contributed by atoms with E-state index in [-0.39, 0.29) is 17.9 Å². The van der Waals surface area contributed by atoms with Crippen LogP contribution in [0.4, 0.5) is 0 Å². The summed E-state index contributed by atoms with van der Waals surface area (Å²) in [5.41, 5.74) is 0. The molecule has 0 bridgehead atoms. The molecule has 2 rings (SSSR count). The highest BCUT2D eigenvalue weighted by Gasteiger charge is 2.18. The molecular weight excluding hydrogens is 248 g/mol. The Morgan fingerprint density at radius 2 is 2.39 bits per heavy atom. The molecule has 1 saturated heterocycles. The number of piperidine rings is 1. The van der Waals surface area contributed by atoms with Gasteiger partial charge in [-0.05, 0) is 31.6 Å². The third kappa shape index (κ3) is 3.70. The van der Waals surface area contributed by atoms with Gasteiger partial charge >= 0.3 is 0 Å². The fourth-order valence-corrected chi connectivity index (χ4v) is 2.59. The first kappa shape index (κ1) is 12.8. The molecule has 2 N–H and O–H groups in total. The Balaban J connectivity index is 1.81. The van der Waals surface area contributed by atoms with Gasteiger partial charge in [0.2, 0.25) is 11.8 Å². The van der Waals surface area contributed by atoms with E-state index in [9.17, 15) is 9.59 Å². The third-order valence-electron chi connectivity index (χ3n) is 2.77. The minimum Gasteiger partial charge on any atom is -0.354 e. The highest BCUT2D eigenvalue weighted by molar-refractivity contribution is 7.12. The molecule has 4 nitrogen and oxygen atoms in total. The molecule has 2 heterocycles. The molecule has 0 radical (unpaired) electrons. The van der Waals surface area contributed by atoms with Gasteiger partial charge in [0.15, 0.2) is 0 Å². The summed E-state index contributed by atoms with van der Waals surface area (Å²) >= 11 is 1.65. The maximum atomic E-state index is 11.7. The molecule has 5 heteroatoms. The Kier molecular flexibility index (Phi) is 4.15. The van der Waals surface area contributed by atoms with Gasteiger partial charge in [0.05, 0.1) is 0 Å². The summed E-state index contributed by atoms with van der Waals surface area (Å²) in [7, 11) is 0. The van der Waals surface area contributed by atoms with Crippen molar-refractivity contribution in [2.45, 2.75) is 25.8 Å². The van der Waals surface area contributed by atoms with Crippen molar-refractivity contribution >= 4 is 29.2 Å². The van der Waals surface area contributed by atoms with Crippen LogP contribution in [-0.4, -0.2) is 24.4 Å². The Morgan fingerprint density at radius 3 is 3.00 bits per heavy atom. The van der Waals surface area contributed by atoms with Gasteiger partial charge in [0, 0.05) is 34.8 Å². The first-order chi connectivity index (χ1) is 8.63. The molecule has 1 aromatic rings. The topological polar surface area (TPSA) is 58.2 Å². The van der Waals surface area contributed by atoms with Crippen molar-refractivity contribution in [3.63, 3.8) is 0 Å². The van der Waals surface area contributed by atoms with Crippen molar-refractivity contribution < 1.29 is 9.59 Å². The minimum atomic E-state index is -0.109. The summed E-state index contributed by atoms with van der Waals surface area (Å²) in [5, 5.41) is 5.62. The van der Waals surface area contributed by atoms with E-state index in [1.807, 2.05) is 25.1 Å². The molecule has 1 atom stereocenters. The maximum absolute atomic E-state index is 11.7. The summed E-state index contributed by atoms with van der Waals surface area (Å²) in [4.78, 5) is 24.9. The van der Waals surface area contributed by atoms with Gasteiger partial charge in [-0.3, -0.25) is 9.59 Å². The monoisotopic (exact) mass is 264 g/mol. The van der Waals surface area contributed by atoms with Crippen molar-refractivity contribution in [2.24, 2.45) is 0 Å². The van der Waals surface area contributed by atoms with Crippen LogP contribution in [0.3, 0.4) is 0 Å². The fourth-order valence-electron chi connectivity index (χ4n) is 1.81. The van der Waals surface area contributed by atoms with Crippen molar-refractivity contribution in [1.82, 2.24) is 10.6 Å². The smallest absolute Gasteiger partial charge is 0.244 e. The fraction of sp³-hybridized carbons (Fsp3) is 0.385. The molecule has 1 aliphatic heterocycles. The van der Waals surface area contributed by atoms with E-state index in [2.05, 4.69) is 10.6 Å². The zero-order chi connectivity index (χ0) is 13.0. The number of nitrogens with one attached hydrogen (secondary N) is 2. The largest absolute Gasteiger partial charge is 0.354 e. The molecule has 1 unspecified atom stereocenters. The van der Waals surface area contributed by atoms with E-state index >= 15 is 0 Å². The zero-order valence-corrected chi connectivity index (χ0v) is 11.0. The first-order valence-corrected chi connectivity index (χ1v) is 6.77. The minimum absolute atomic E-state index is 0.0462. The average Bonchev–Trinajstić information content (AvgIpc) is 2.76. The Hall–Kier alpha value is -1.62. The second-order valence-electron chi connectivity index (χ2n) is 4.33. The van der Waals surface area contributed by atoms with Gasteiger partial charge in [0.1, 0.15) is 0 Å². The van der Waals surface area contributed by atoms with Crippen molar-refractivity contribution in [2.75, 3.05) is 6.54 Å². The van der Waals surface area contributed by atoms with Gasteiger partial charge in [-0.2, -0.15) is 0 Å². The molecule has 0 spiro atoms. The molecule has 18 heavy (non-hydrogen) atoms. The highest BCUT2D eigenvalue weighted by Crippen LogP contribution is 2.16. The number of carbonyl (C=O) groups is 2. The predicted molar refractivity (Wildman–Crippen MR) is 72.3 cm³/mol. The average molecular weight is 264 g/mol. The lowest BCUT2D eigenvalue weighted by atomic mass is 10.1. The van der Waals surface area contributed by atoms with Gasteiger partial charge in [-0.1, -0.05) is 0 Å². The third-order valence-corrected chi connectivity index (χ3v) is 3.74. The summed E-state index contributed by atoms with van der Waals surface area (Å²) < 4.78 is 0. The van der Waals surface area contributed by atoms with Crippen LogP contribution in [0.2, 0.25) is 0 Å². The summed E-state index contributed by atoms with van der Waals surface area (Å²) in [6, 6.07) is 4.06. The van der Waals surface area contributed by atoms with Crippen molar-refractivity contribution in [3.8, 4) is 0 Å². The number of thiophene rings is 1. The Labute approximate surface area is 110 Å². The molecule has 2 amide bonds. The second kappa shape index (κ2) is 5.82. The van der Waals surface area contributed by atoms with E-state index in [4.69, 9.17) is 0 Å². The highest BCUT2D eigenvalue weighted by atomic mass is 32.1. The molecule has 1 aliphatic rings. The predicted octanol–water partition coefficient (Wildman–Crippen LogP) is 1.46. The van der Waals surface area contributed by atoms with Crippen LogP contribution in [0.5, 0.6) is 0 Å². The lowest BCUT2D eigenvalue weighted by Gasteiger charge is -2.22. The Morgan fingerprint density at radius 1 is 1.56 bits per heavy atom. The summed E-state index contributed by atoms with van der Waals surface area (Å²) in [5.74, 6) is -0.0488. The first-order valence-electron chi connectivity index (χ1n) is 5.95. The van der Waals surface area contributed by atoms with Crippen LogP contribution >= 0.6 is 11.3 Å². The molecule has 1 aromatic heterocycles. The van der Waals surface area contributed by atoms with Crippen molar-refractivity contribution in [3.05, 3.63) is 28.0 Å². The molecular formula is C13H16N2O2S. The van der Waals surface area contributed by atoms with E-state index in [0.29, 0.717) is 19.4 Å². The zero-order valence-electron chi connectivity index (χ0n) is 10.2. The number of aryl methyl sites for hydroxylation is 1. The van der Waals surface area contributed by atoms with Gasteiger partial charge < -0.3 is 10.6 Å². The number of rotatable bonds is 3. The molecule has 96 valence electrons. The quantitative estimate of drug-likeness (QED) is 0.812. The van der Waals surface area contributed by atoms with Crippen LogP contribution in [0.25, 0.3) is 6.08 Å². The summed E-state index contributed by atoms with van der Waals surface area (Å²) in [6.45, 7) is 2.56. The van der Waals surface area contributed by atoms with E-state index < -0.39 is 0 Å². The van der Waals surface area contributed by atoms with Gasteiger partial charge in [-0.15, -0.1) is 11.3 Å². The Bertz CT molecular complexity index is 469. The van der Waals surface area contributed by atoms with Crippen LogP contribution in [-0.2, 0) is 9.59 Å². The van der Waals surface area contributed by atoms with Crippen LogP contribution in [0.15, 0.2) is 18.2 Å². The van der Waals surface area contributed by atoms with Gasteiger partial charge in [-0.25, -0.2) is 0 Å². The van der Waals surface area contributed by atoms with E-state index in [0.717, 1.165) is 4.88 Å². The van der Waals surface area contributed by atoms with Crippen LogP contribution in [0, 0.1) is 6.92 Å². The van der Waals surface area contributed by atoms with Crippen LogP contribution in [0.1, 0.15) is 22.6 Å². The lowest BCUT2D eigenvalue weighted by molar-refractivity contribution is -0.124. The van der Waals surface area contributed by atoms with Gasteiger partial charge in [0.25, 0.3) is 0 Å². The number of hydrogen-bond acceptors (Lipinski definition) is 3. The number of carbonyl (C=O) groups excluding carboxylic acids is 2. The summed E-state index contributed by atoms with van der Waals surface area (Å²) in [6.07, 6.45) is 4.55. The molecule has 0 aliphatic carbocycles. The lowest BCUT2D eigenvalue weighted by Crippen LogP contribution is -2.47. The van der Waals surface area contributed by atoms with E-state index in [1.165, 1.54) is 4.88 Å². The maximum Gasteiger partial charge on any atom is 0.244 e. The number of hydrogen-bond donors (Lipinski definition) is 2. The SMILES string of the molecule is Cc1ccc(/C=C/C(=O)NC2CCC(=O)NC2)s1. The second-order valence-corrected chi connectivity index (χ2v) is 5.65. The molecule has 1 fully saturated rings. The molecule has 0 aromatic carbocycles. The number of amides is 2. The van der Waals surface area contributed by atoms with E-state index in [1.54, 1.807) is 17.4 Å². The molecule has 0 saturated carbocycles. The van der Waals surface area contributed by atoms with Crippen LogP contribution < -0.4 is 10.6 Å². The normalized spacial score (nSPS) is 19.8.